The van der Waals surface area contributed by atoms with E-state index in [1.807, 2.05) is 14.7 Å². The average molecular weight is 568 g/mol. The van der Waals surface area contributed by atoms with Gasteiger partial charge in [-0.3, -0.25) is 32.3 Å². The molecule has 1 saturated heterocycles. The van der Waals surface area contributed by atoms with E-state index >= 15 is 0 Å². The molecule has 33 heavy (non-hydrogen) atoms. The summed E-state index contributed by atoms with van der Waals surface area (Å²) in [5.41, 5.74) is 0. The Labute approximate surface area is 265 Å². The SMILES string of the molecule is O=S(=O)([O-])OCCN1CCN(CCOSOO[O-])CCN(CCOS(=O)(=O)[O-])CC1.[Na+].[Na+].[Na+]. The summed E-state index contributed by atoms with van der Waals surface area (Å²) >= 11 is 0.395. The Morgan fingerprint density at radius 2 is 1.00 bits per heavy atom. The Bertz CT molecular complexity index is 629. The van der Waals surface area contributed by atoms with E-state index in [0.29, 0.717) is 58.1 Å². The zero-order chi connectivity index (χ0) is 22.5. The normalized spacial score (nSPS) is 17.1. The van der Waals surface area contributed by atoms with Gasteiger partial charge in [0, 0.05) is 58.9 Å². The minimum atomic E-state index is -4.78. The number of nitrogens with zero attached hydrogens (tertiary/aromatic N) is 3. The van der Waals surface area contributed by atoms with Gasteiger partial charge >= 0.3 is 88.7 Å². The Kier molecular flexibility index (Phi) is 27.8. The van der Waals surface area contributed by atoms with E-state index in [1.165, 1.54) is 0 Å². The quantitative estimate of drug-likeness (QED) is 0.0365. The minimum Gasteiger partial charge on any atom is -0.726 e. The van der Waals surface area contributed by atoms with Gasteiger partial charge in [-0.25, -0.2) is 16.8 Å². The van der Waals surface area contributed by atoms with Crippen LogP contribution in [0.25, 0.3) is 0 Å². The molecule has 0 bridgehead atoms. The molecule has 21 heteroatoms. The van der Waals surface area contributed by atoms with Crippen molar-refractivity contribution in [3.8, 4) is 0 Å². The van der Waals surface area contributed by atoms with Gasteiger partial charge in [0.25, 0.3) is 0 Å². The molecule has 0 aliphatic carbocycles. The smallest absolute Gasteiger partial charge is 0.726 e. The second-order valence-corrected chi connectivity index (χ2v) is 8.62. The van der Waals surface area contributed by atoms with Crippen LogP contribution in [0.1, 0.15) is 0 Å². The van der Waals surface area contributed by atoms with E-state index in [2.05, 4.69) is 17.7 Å². The first-order chi connectivity index (χ1) is 14.1. The standard InChI is InChI=1S/C12H27N3O12S3.3Na/c16-26-27-28-23-10-7-13-1-3-14(8-11-24-29(17,18)19)5-6-15(4-2-13)9-12-25-30(20,21)22;;;/h16H,1-12H2,(H,17,18,19)(H,20,21,22);;;/q;3*+1/p-3. The van der Waals surface area contributed by atoms with Gasteiger partial charge in [-0.2, -0.15) is 0 Å². The van der Waals surface area contributed by atoms with Crippen LogP contribution >= 0.6 is 12.3 Å². The van der Waals surface area contributed by atoms with Crippen LogP contribution < -0.4 is 93.9 Å². The van der Waals surface area contributed by atoms with Crippen molar-refractivity contribution in [3.63, 3.8) is 0 Å². The molecular formula is C12H24N3Na3O12S3. The summed E-state index contributed by atoms with van der Waals surface area (Å²) in [6.07, 6.45) is 0. The van der Waals surface area contributed by atoms with Crippen molar-refractivity contribution in [2.75, 3.05) is 78.7 Å². The molecule has 0 radical (unpaired) electrons. The largest absolute Gasteiger partial charge is 1.00 e. The zero-order valence-corrected chi connectivity index (χ0v) is 27.4. The summed E-state index contributed by atoms with van der Waals surface area (Å²) in [4.78, 5) is 5.78. The molecule has 0 saturated carbocycles. The molecule has 0 N–H and O–H groups in total. The summed E-state index contributed by atoms with van der Waals surface area (Å²) in [6, 6.07) is 0. The zero-order valence-electron chi connectivity index (χ0n) is 19.0. The molecule has 0 spiro atoms. The van der Waals surface area contributed by atoms with Crippen LogP contribution in [-0.4, -0.2) is 119 Å². The molecule has 0 atom stereocenters. The van der Waals surface area contributed by atoms with Crippen molar-refractivity contribution < 1.29 is 142 Å². The summed E-state index contributed by atoms with van der Waals surface area (Å²) in [5, 5.41) is 12.9. The average Bonchev–Trinajstić information content (AvgIpc) is 2.72. The molecule has 1 aliphatic heterocycles. The summed E-state index contributed by atoms with van der Waals surface area (Å²) in [6.45, 7) is 3.67. The van der Waals surface area contributed by atoms with E-state index in [0.717, 1.165) is 0 Å². The van der Waals surface area contributed by atoms with Crippen molar-refractivity contribution >= 4 is 33.1 Å². The topological polar surface area (TPSA) is 193 Å². The molecule has 15 nitrogen and oxygen atoms in total. The van der Waals surface area contributed by atoms with Crippen molar-refractivity contribution in [1.29, 1.82) is 0 Å². The Balaban J connectivity index is -0.00000300. The third-order valence-electron chi connectivity index (χ3n) is 4.06. The maximum absolute atomic E-state index is 10.6. The van der Waals surface area contributed by atoms with Crippen LogP contribution in [0.5, 0.6) is 0 Å². The third-order valence-corrected chi connectivity index (χ3v) is 5.35. The fourth-order valence-electron chi connectivity index (χ4n) is 2.62. The first kappa shape index (κ1) is 40.3. The van der Waals surface area contributed by atoms with E-state index in [4.69, 9.17) is 4.18 Å². The molecule has 0 aromatic carbocycles. The maximum atomic E-state index is 10.6. The predicted molar refractivity (Wildman–Crippen MR) is 96.3 cm³/mol. The van der Waals surface area contributed by atoms with Gasteiger partial charge in [-0.1, -0.05) is 0 Å². The van der Waals surface area contributed by atoms with Crippen LogP contribution in [-0.2, 0) is 42.7 Å². The summed E-state index contributed by atoms with van der Waals surface area (Å²) in [7, 11) is -9.56. The van der Waals surface area contributed by atoms with E-state index in [1.54, 1.807) is 0 Å². The molecule has 180 valence electrons. The molecule has 0 aromatic heterocycles. The van der Waals surface area contributed by atoms with Gasteiger partial charge < -0.3 is 14.4 Å². The number of hydrogen-bond donors (Lipinski definition) is 0. The minimum absolute atomic E-state index is 0. The molecule has 1 heterocycles. The first-order valence-electron chi connectivity index (χ1n) is 8.71. The fourth-order valence-corrected chi connectivity index (χ4v) is 3.38. The monoisotopic (exact) mass is 567 g/mol. The van der Waals surface area contributed by atoms with Crippen molar-refractivity contribution in [1.82, 2.24) is 14.7 Å². The fraction of sp³-hybridized carbons (Fsp3) is 1.00. The van der Waals surface area contributed by atoms with Crippen molar-refractivity contribution in [2.24, 2.45) is 0 Å². The molecule has 0 aromatic rings. The van der Waals surface area contributed by atoms with E-state index in [-0.39, 0.29) is 122 Å². The number of hydrogen-bond acceptors (Lipinski definition) is 16. The molecule has 0 amide bonds. The molecule has 1 fully saturated rings. The van der Waals surface area contributed by atoms with Crippen LogP contribution in [0, 0.1) is 0 Å². The number of rotatable bonds is 14. The van der Waals surface area contributed by atoms with Crippen LogP contribution in [0.4, 0.5) is 0 Å². The second-order valence-electron chi connectivity index (χ2n) is 6.01. The van der Waals surface area contributed by atoms with Gasteiger partial charge in [0.15, 0.2) is 12.3 Å². The second kappa shape index (κ2) is 22.8. The van der Waals surface area contributed by atoms with E-state index in [9.17, 15) is 31.2 Å². The Hall–Kier alpha value is 2.81. The van der Waals surface area contributed by atoms with Crippen molar-refractivity contribution in [3.05, 3.63) is 0 Å². The van der Waals surface area contributed by atoms with Gasteiger partial charge in [0.2, 0.25) is 20.8 Å². The van der Waals surface area contributed by atoms with Crippen LogP contribution in [0.2, 0.25) is 0 Å². The van der Waals surface area contributed by atoms with Crippen LogP contribution in [0.3, 0.4) is 0 Å². The Morgan fingerprint density at radius 3 is 1.30 bits per heavy atom. The third kappa shape index (κ3) is 24.9. The Morgan fingerprint density at radius 1 is 0.667 bits per heavy atom. The predicted octanol–water partition coefficient (Wildman–Crippen LogP) is -12.3. The van der Waals surface area contributed by atoms with E-state index < -0.39 is 20.8 Å². The van der Waals surface area contributed by atoms with Gasteiger partial charge in [0.05, 0.1) is 19.8 Å². The maximum Gasteiger partial charge on any atom is 1.00 e. The van der Waals surface area contributed by atoms with Crippen LogP contribution in [0.15, 0.2) is 0 Å². The van der Waals surface area contributed by atoms with Gasteiger partial charge in [0.1, 0.15) is 0 Å². The molecule has 1 rings (SSSR count). The summed E-state index contributed by atoms with van der Waals surface area (Å²) < 4.78 is 81.0. The van der Waals surface area contributed by atoms with Crippen molar-refractivity contribution in [2.45, 2.75) is 0 Å². The molecular weight excluding hydrogens is 543 g/mol. The summed E-state index contributed by atoms with van der Waals surface area (Å²) in [5.74, 6) is 0. The molecule has 0 unspecified atom stereocenters. The van der Waals surface area contributed by atoms with Gasteiger partial charge in [-0.15, -0.1) is 4.33 Å². The first-order valence-corrected chi connectivity index (χ1v) is 12.0. The molecule has 1 aliphatic rings. The van der Waals surface area contributed by atoms with Gasteiger partial charge in [-0.05, 0) is 0 Å².